The quantitative estimate of drug-likeness (QED) is 0.364. The number of methoxy groups -OCH3 is 2. The Labute approximate surface area is 216 Å². The second-order valence-corrected chi connectivity index (χ2v) is 8.45. The molecular formula is C26H22ClN5O5. The minimum absolute atomic E-state index is 0.250. The third kappa shape index (κ3) is 5.03. The van der Waals surface area contributed by atoms with Gasteiger partial charge in [0.1, 0.15) is 17.4 Å². The molecule has 0 spiro atoms. The number of imidazole rings is 1. The fraction of sp³-hybridized carbons (Fsp3) is 0.192. The first-order chi connectivity index (χ1) is 17.8. The lowest BCUT2D eigenvalue weighted by atomic mass is 10.00. The summed E-state index contributed by atoms with van der Waals surface area (Å²) < 4.78 is 13.1. The van der Waals surface area contributed by atoms with Crippen molar-refractivity contribution in [1.29, 1.82) is 5.26 Å². The molecule has 188 valence electrons. The van der Waals surface area contributed by atoms with Gasteiger partial charge in [-0.2, -0.15) is 5.26 Å². The van der Waals surface area contributed by atoms with Crippen LogP contribution in [0.25, 0.3) is 16.8 Å². The lowest BCUT2D eigenvalue weighted by Gasteiger charge is -2.19. The van der Waals surface area contributed by atoms with Crippen molar-refractivity contribution in [2.45, 2.75) is 19.4 Å². The molecular weight excluding hydrogens is 498 g/mol. The third-order valence-electron chi connectivity index (χ3n) is 5.80. The summed E-state index contributed by atoms with van der Waals surface area (Å²) in [4.78, 5) is 42.5. The highest BCUT2D eigenvalue weighted by Crippen LogP contribution is 2.33. The summed E-state index contributed by atoms with van der Waals surface area (Å²) in [6.45, 7) is 1.77. The Balaban J connectivity index is 1.67. The number of pyridine rings is 2. The van der Waals surface area contributed by atoms with Crippen LogP contribution in [-0.2, 0) is 9.53 Å². The summed E-state index contributed by atoms with van der Waals surface area (Å²) in [5, 5.41) is 12.6. The zero-order valence-electron chi connectivity index (χ0n) is 20.2. The van der Waals surface area contributed by atoms with Crippen LogP contribution in [-0.4, -0.2) is 40.0 Å². The molecule has 1 amide bonds. The maximum Gasteiger partial charge on any atom is 0.339 e. The van der Waals surface area contributed by atoms with E-state index < -0.39 is 23.5 Å². The highest BCUT2D eigenvalue weighted by Gasteiger charge is 2.23. The van der Waals surface area contributed by atoms with Crippen LogP contribution in [0.5, 0.6) is 5.75 Å². The lowest BCUT2D eigenvalue weighted by molar-refractivity contribution is -0.119. The van der Waals surface area contributed by atoms with Gasteiger partial charge < -0.3 is 19.2 Å². The number of hydrogen-bond donors (Lipinski definition) is 1. The van der Waals surface area contributed by atoms with Gasteiger partial charge in [-0.25, -0.2) is 9.78 Å². The Hall–Kier alpha value is -4.62. The normalized spacial score (nSPS) is 11.5. The predicted molar refractivity (Wildman–Crippen MR) is 137 cm³/mol. The van der Waals surface area contributed by atoms with Gasteiger partial charge >= 0.3 is 5.97 Å². The van der Waals surface area contributed by atoms with Crippen molar-refractivity contribution in [3.8, 4) is 22.9 Å². The number of nitriles is 1. The number of hydrogen-bond acceptors (Lipinski definition) is 7. The lowest BCUT2D eigenvalue weighted by Crippen LogP contribution is -2.32. The Morgan fingerprint density at radius 1 is 1.14 bits per heavy atom. The van der Waals surface area contributed by atoms with E-state index in [1.807, 2.05) is 0 Å². The van der Waals surface area contributed by atoms with Gasteiger partial charge in [0.25, 0.3) is 5.56 Å². The van der Waals surface area contributed by atoms with Crippen molar-refractivity contribution in [2.24, 2.45) is 0 Å². The van der Waals surface area contributed by atoms with E-state index in [9.17, 15) is 19.6 Å². The minimum atomic E-state index is -0.874. The number of anilines is 1. The minimum Gasteiger partial charge on any atom is -0.495 e. The first-order valence-electron chi connectivity index (χ1n) is 11.2. The van der Waals surface area contributed by atoms with Crippen molar-refractivity contribution in [1.82, 2.24) is 14.0 Å². The molecule has 0 radical (unpaired) electrons. The van der Waals surface area contributed by atoms with E-state index >= 15 is 0 Å². The maximum absolute atomic E-state index is 13.2. The first kappa shape index (κ1) is 25.5. The molecule has 3 aromatic heterocycles. The predicted octanol–water partition coefficient (Wildman–Crippen LogP) is 4.07. The molecule has 3 heterocycles. The molecule has 0 aliphatic rings. The van der Waals surface area contributed by atoms with E-state index in [4.69, 9.17) is 21.1 Å². The van der Waals surface area contributed by atoms with Gasteiger partial charge in [0.2, 0.25) is 5.91 Å². The highest BCUT2D eigenvalue weighted by atomic mass is 35.5. The molecule has 1 N–H and O–H groups in total. The van der Waals surface area contributed by atoms with Crippen molar-refractivity contribution >= 4 is 34.9 Å². The molecule has 11 heteroatoms. The van der Waals surface area contributed by atoms with Gasteiger partial charge in [-0.15, -0.1) is 0 Å². The zero-order valence-corrected chi connectivity index (χ0v) is 20.9. The molecule has 37 heavy (non-hydrogen) atoms. The SMILES string of the molecule is CCC(C(=O)Nc1cn2cc(C(=O)OC)ccc2n1)n1cc(OC)c(-c2cc(Cl)ccc2C#N)cc1=O. The zero-order chi connectivity index (χ0) is 26.7. The summed E-state index contributed by atoms with van der Waals surface area (Å²) in [7, 11) is 2.72. The highest BCUT2D eigenvalue weighted by molar-refractivity contribution is 6.31. The monoisotopic (exact) mass is 519 g/mol. The van der Waals surface area contributed by atoms with Crippen LogP contribution in [0.4, 0.5) is 5.82 Å². The number of amides is 1. The van der Waals surface area contributed by atoms with E-state index in [2.05, 4.69) is 16.4 Å². The largest absolute Gasteiger partial charge is 0.495 e. The number of benzene rings is 1. The number of halogens is 1. The third-order valence-corrected chi connectivity index (χ3v) is 6.04. The van der Waals surface area contributed by atoms with Crippen LogP contribution >= 0.6 is 11.6 Å². The number of aromatic nitrogens is 3. The molecule has 0 bridgehead atoms. The molecule has 4 rings (SSSR count). The fourth-order valence-electron chi connectivity index (χ4n) is 3.99. The summed E-state index contributed by atoms with van der Waals surface area (Å²) in [6.07, 6.45) is 4.84. The van der Waals surface area contributed by atoms with Crippen LogP contribution in [0.1, 0.15) is 35.3 Å². The molecule has 0 saturated heterocycles. The molecule has 0 saturated carbocycles. The van der Waals surface area contributed by atoms with Gasteiger partial charge in [0.15, 0.2) is 5.82 Å². The number of carbonyl (C=O) groups is 2. The van der Waals surface area contributed by atoms with Crippen molar-refractivity contribution < 1.29 is 19.1 Å². The summed E-state index contributed by atoms with van der Waals surface area (Å²) in [6, 6.07) is 10.5. The Morgan fingerprint density at radius 2 is 1.92 bits per heavy atom. The Kier molecular flexibility index (Phi) is 7.27. The number of carbonyl (C=O) groups excluding carboxylic acids is 2. The molecule has 0 fully saturated rings. The van der Waals surface area contributed by atoms with Gasteiger partial charge in [0.05, 0.1) is 43.8 Å². The Bertz CT molecular complexity index is 1620. The van der Waals surface area contributed by atoms with Gasteiger partial charge in [-0.3, -0.25) is 14.2 Å². The first-order valence-corrected chi connectivity index (χ1v) is 11.6. The van der Waals surface area contributed by atoms with Crippen molar-refractivity contribution in [3.63, 3.8) is 0 Å². The van der Waals surface area contributed by atoms with Crippen LogP contribution in [0, 0.1) is 11.3 Å². The van der Waals surface area contributed by atoms with E-state index in [1.54, 1.807) is 54.0 Å². The number of nitrogens with one attached hydrogen (secondary N) is 1. The molecule has 1 aromatic carbocycles. The van der Waals surface area contributed by atoms with Crippen molar-refractivity contribution in [3.05, 3.63) is 81.5 Å². The van der Waals surface area contributed by atoms with Crippen molar-refractivity contribution in [2.75, 3.05) is 19.5 Å². The average Bonchev–Trinajstić information content (AvgIpc) is 3.30. The second-order valence-electron chi connectivity index (χ2n) is 8.02. The number of nitrogens with zero attached hydrogens (tertiary/aromatic N) is 4. The van der Waals surface area contributed by atoms with E-state index in [1.165, 1.54) is 31.0 Å². The van der Waals surface area contributed by atoms with Gasteiger partial charge in [-0.05, 0) is 36.8 Å². The van der Waals surface area contributed by atoms with E-state index in [0.717, 1.165) is 0 Å². The molecule has 0 aliphatic carbocycles. The smallest absolute Gasteiger partial charge is 0.339 e. The van der Waals surface area contributed by atoms with Gasteiger partial charge in [0, 0.05) is 28.4 Å². The van der Waals surface area contributed by atoms with Crippen LogP contribution in [0.15, 0.2) is 59.8 Å². The summed E-state index contributed by atoms with van der Waals surface area (Å²) in [5.74, 6) is -0.410. The number of fused-ring (bicyclic) bond motifs is 1. The van der Waals surface area contributed by atoms with Crippen LogP contribution < -0.4 is 15.6 Å². The molecule has 10 nitrogen and oxygen atoms in total. The average molecular weight is 520 g/mol. The fourth-order valence-corrected chi connectivity index (χ4v) is 4.16. The standard InChI is InChI=1S/C26H22ClN5O5/c1-4-20(25(34)30-22-14-31-12-16(26(35)37-3)6-8-23(31)29-22)32-13-21(36-2)19(10-24(32)33)18-9-17(27)7-5-15(18)11-28/h5-10,12-14,20H,4H2,1-3H3,(H,30,34). The maximum atomic E-state index is 13.2. The van der Waals surface area contributed by atoms with E-state index in [-0.39, 0.29) is 5.82 Å². The number of rotatable bonds is 7. The second kappa shape index (κ2) is 10.6. The van der Waals surface area contributed by atoms with Gasteiger partial charge in [-0.1, -0.05) is 18.5 Å². The van der Waals surface area contributed by atoms with Crippen LogP contribution in [0.3, 0.4) is 0 Å². The Morgan fingerprint density at radius 3 is 2.59 bits per heavy atom. The number of ether oxygens (including phenoxy) is 2. The molecule has 4 aromatic rings. The number of esters is 1. The van der Waals surface area contributed by atoms with E-state index in [0.29, 0.717) is 45.1 Å². The molecule has 1 atom stereocenters. The molecule has 1 unspecified atom stereocenters. The summed E-state index contributed by atoms with van der Waals surface area (Å²) in [5.41, 5.74) is 1.54. The molecule has 0 aliphatic heterocycles. The van der Waals surface area contributed by atoms with Crippen LogP contribution in [0.2, 0.25) is 5.02 Å². The topological polar surface area (TPSA) is 128 Å². The summed E-state index contributed by atoms with van der Waals surface area (Å²) >= 11 is 6.13.